The first kappa shape index (κ1) is 35.6. The summed E-state index contributed by atoms with van der Waals surface area (Å²) < 4.78 is 0. The van der Waals surface area contributed by atoms with Crippen molar-refractivity contribution in [3.8, 4) is 55.8 Å². The van der Waals surface area contributed by atoms with Gasteiger partial charge in [-0.3, -0.25) is 0 Å². The van der Waals surface area contributed by atoms with Gasteiger partial charge in [0, 0.05) is 16.4 Å². The van der Waals surface area contributed by atoms with Gasteiger partial charge in [-0.1, -0.05) is 179 Å². The molecule has 8 aromatic rings. The van der Waals surface area contributed by atoms with Crippen LogP contribution in [0, 0.1) is 0 Å². The van der Waals surface area contributed by atoms with Crippen LogP contribution in [-0.4, -0.2) is 4.98 Å². The molecule has 1 nitrogen and oxygen atoms in total. The van der Waals surface area contributed by atoms with Crippen molar-refractivity contribution < 1.29 is 0 Å². The summed E-state index contributed by atoms with van der Waals surface area (Å²) in [6.07, 6.45) is 8.75. The van der Waals surface area contributed by atoms with Crippen LogP contribution in [0.25, 0.3) is 66.7 Å². The van der Waals surface area contributed by atoms with Gasteiger partial charge < -0.3 is 0 Å². The second-order valence-electron chi connectivity index (χ2n) is 16.1. The normalized spacial score (nSPS) is 12.8. The van der Waals surface area contributed by atoms with Gasteiger partial charge >= 0.3 is 0 Å². The number of hydrogen-bond donors (Lipinski definition) is 0. The molecule has 0 bridgehead atoms. The fourth-order valence-corrected chi connectivity index (χ4v) is 8.89. The quantitative estimate of drug-likeness (QED) is 0.114. The van der Waals surface area contributed by atoms with Crippen molar-refractivity contribution in [2.45, 2.75) is 64.2 Å². The Hall–Kier alpha value is -6.05. The molecule has 0 fully saturated rings. The van der Waals surface area contributed by atoms with E-state index < -0.39 is 0 Å². The summed E-state index contributed by atoms with van der Waals surface area (Å²) in [5.74, 6) is 0. The Morgan fingerprint density at radius 3 is 1.73 bits per heavy atom. The van der Waals surface area contributed by atoms with Gasteiger partial charge in [0.2, 0.25) is 0 Å². The number of rotatable bonds is 12. The Bertz CT molecular complexity index is 2630. The van der Waals surface area contributed by atoms with Gasteiger partial charge in [0.25, 0.3) is 0 Å². The Morgan fingerprint density at radius 1 is 0.375 bits per heavy atom. The van der Waals surface area contributed by atoms with Crippen molar-refractivity contribution in [1.29, 1.82) is 0 Å². The number of fused-ring (bicyclic) bond motifs is 4. The van der Waals surface area contributed by atoms with E-state index in [9.17, 15) is 0 Å². The maximum atomic E-state index is 5.32. The van der Waals surface area contributed by atoms with E-state index in [-0.39, 0.29) is 5.41 Å². The van der Waals surface area contributed by atoms with Gasteiger partial charge in [-0.2, -0.15) is 0 Å². The molecule has 274 valence electrons. The summed E-state index contributed by atoms with van der Waals surface area (Å²) in [5.41, 5.74) is 18.8. The van der Waals surface area contributed by atoms with E-state index in [1.807, 2.05) is 0 Å². The van der Waals surface area contributed by atoms with E-state index in [2.05, 4.69) is 190 Å². The van der Waals surface area contributed by atoms with Crippen molar-refractivity contribution in [2.24, 2.45) is 0 Å². The molecule has 1 aliphatic carbocycles. The van der Waals surface area contributed by atoms with E-state index in [4.69, 9.17) is 4.98 Å². The van der Waals surface area contributed by atoms with Crippen molar-refractivity contribution >= 4 is 10.9 Å². The highest BCUT2D eigenvalue weighted by Crippen LogP contribution is 2.49. The van der Waals surface area contributed by atoms with Gasteiger partial charge in [-0.25, -0.2) is 4.98 Å². The maximum Gasteiger partial charge on any atom is 0.0716 e. The molecule has 0 radical (unpaired) electrons. The minimum absolute atomic E-state index is 0.0609. The third-order valence-corrected chi connectivity index (χ3v) is 12.0. The zero-order valence-corrected chi connectivity index (χ0v) is 32.6. The standard InChI is InChI=1S/C55H49N/c1-55(2)51-29-15-14-28-47(51)48-32-30-46(37-52(48)55)54-38-49(41-23-12-7-13-24-41)50-36-45(31-33-53(50)56-54)44-27-17-26-43(35-44)42-25-16-22-40(34-42)21-9-5-3-4-8-18-39-19-10-6-11-20-39/h6-7,10-17,19-20,22-38H,3-5,8-9,18,21H2,1-2H3. The van der Waals surface area contributed by atoms with Crippen molar-refractivity contribution in [1.82, 2.24) is 4.98 Å². The molecule has 1 aliphatic rings. The number of pyridine rings is 1. The number of aryl methyl sites for hydroxylation is 2. The van der Waals surface area contributed by atoms with E-state index >= 15 is 0 Å². The third-order valence-electron chi connectivity index (χ3n) is 12.0. The zero-order chi connectivity index (χ0) is 37.9. The fourth-order valence-electron chi connectivity index (χ4n) is 8.89. The van der Waals surface area contributed by atoms with Crippen LogP contribution in [0.15, 0.2) is 176 Å². The molecule has 1 aromatic heterocycles. The first-order valence-electron chi connectivity index (χ1n) is 20.5. The van der Waals surface area contributed by atoms with Crippen LogP contribution in [0.1, 0.15) is 68.2 Å². The lowest BCUT2D eigenvalue weighted by Gasteiger charge is -2.22. The van der Waals surface area contributed by atoms with E-state index in [1.165, 1.54) is 111 Å². The van der Waals surface area contributed by atoms with Crippen LogP contribution >= 0.6 is 0 Å². The van der Waals surface area contributed by atoms with Gasteiger partial charge in [-0.15, -0.1) is 0 Å². The highest BCUT2D eigenvalue weighted by molar-refractivity contribution is 5.99. The summed E-state index contributed by atoms with van der Waals surface area (Å²) in [6, 6.07) is 64.7. The predicted molar refractivity (Wildman–Crippen MR) is 238 cm³/mol. The SMILES string of the molecule is CC1(C)c2ccccc2-c2ccc(-c3cc(-c4ccccc4)c4cc(-c5cccc(-c6cccc(CCCCCCCc7ccccc7)c6)c5)ccc4n3)cc21. The number of nitrogens with zero attached hydrogens (tertiary/aromatic N) is 1. The molecule has 7 aromatic carbocycles. The summed E-state index contributed by atoms with van der Waals surface area (Å²) in [5, 5.41) is 1.17. The Morgan fingerprint density at radius 2 is 0.946 bits per heavy atom. The molecule has 0 saturated carbocycles. The lowest BCUT2D eigenvalue weighted by molar-refractivity contribution is 0.613. The highest BCUT2D eigenvalue weighted by Gasteiger charge is 2.35. The Kier molecular flexibility index (Phi) is 9.93. The van der Waals surface area contributed by atoms with Gasteiger partial charge in [0.1, 0.15) is 0 Å². The number of benzene rings is 7. The van der Waals surface area contributed by atoms with Gasteiger partial charge in [0.05, 0.1) is 11.2 Å². The summed E-state index contributed by atoms with van der Waals surface area (Å²) >= 11 is 0. The summed E-state index contributed by atoms with van der Waals surface area (Å²) in [6.45, 7) is 4.68. The minimum atomic E-state index is -0.0609. The molecule has 0 unspecified atom stereocenters. The number of hydrogen-bond acceptors (Lipinski definition) is 1. The van der Waals surface area contributed by atoms with E-state index in [0.29, 0.717) is 0 Å². The molecule has 1 heterocycles. The Labute approximate surface area is 332 Å². The number of aromatic nitrogens is 1. The lowest BCUT2D eigenvalue weighted by atomic mass is 9.82. The monoisotopic (exact) mass is 723 g/mol. The van der Waals surface area contributed by atoms with Crippen molar-refractivity contribution in [3.05, 3.63) is 198 Å². The molecule has 56 heavy (non-hydrogen) atoms. The molecule has 0 N–H and O–H groups in total. The topological polar surface area (TPSA) is 12.9 Å². The van der Waals surface area contributed by atoms with Crippen LogP contribution in [0.5, 0.6) is 0 Å². The smallest absolute Gasteiger partial charge is 0.0716 e. The van der Waals surface area contributed by atoms with Crippen LogP contribution in [0.4, 0.5) is 0 Å². The van der Waals surface area contributed by atoms with Crippen molar-refractivity contribution in [3.63, 3.8) is 0 Å². The van der Waals surface area contributed by atoms with Crippen LogP contribution in [0.2, 0.25) is 0 Å². The maximum absolute atomic E-state index is 5.32. The van der Waals surface area contributed by atoms with Crippen LogP contribution < -0.4 is 0 Å². The summed E-state index contributed by atoms with van der Waals surface area (Å²) in [7, 11) is 0. The zero-order valence-electron chi connectivity index (χ0n) is 32.6. The molecule has 0 spiro atoms. The first-order valence-corrected chi connectivity index (χ1v) is 20.5. The Balaban J connectivity index is 0.963. The molecule has 0 amide bonds. The van der Waals surface area contributed by atoms with E-state index in [1.54, 1.807) is 0 Å². The first-order chi connectivity index (χ1) is 27.5. The van der Waals surface area contributed by atoms with E-state index in [0.717, 1.165) is 23.2 Å². The molecule has 0 aliphatic heterocycles. The lowest BCUT2D eigenvalue weighted by Crippen LogP contribution is -2.14. The van der Waals surface area contributed by atoms with Crippen molar-refractivity contribution in [2.75, 3.05) is 0 Å². The largest absolute Gasteiger partial charge is 0.248 e. The molecule has 0 saturated heterocycles. The second kappa shape index (κ2) is 15.6. The fraction of sp³-hybridized carbons (Fsp3) is 0.182. The predicted octanol–water partition coefficient (Wildman–Crippen LogP) is 14.9. The van der Waals surface area contributed by atoms with Crippen LogP contribution in [0.3, 0.4) is 0 Å². The van der Waals surface area contributed by atoms with Gasteiger partial charge in [0.15, 0.2) is 0 Å². The minimum Gasteiger partial charge on any atom is -0.248 e. The molecule has 1 heteroatoms. The third kappa shape index (κ3) is 7.23. The van der Waals surface area contributed by atoms with Gasteiger partial charge in [-0.05, 0) is 123 Å². The molecular formula is C55H49N. The molecule has 9 rings (SSSR count). The summed E-state index contributed by atoms with van der Waals surface area (Å²) in [4.78, 5) is 5.32. The molecular weight excluding hydrogens is 675 g/mol. The van der Waals surface area contributed by atoms with Crippen LogP contribution in [-0.2, 0) is 18.3 Å². The average Bonchev–Trinajstić information content (AvgIpc) is 3.48. The average molecular weight is 724 g/mol. The highest BCUT2D eigenvalue weighted by atomic mass is 14.7. The number of unbranched alkanes of at least 4 members (excludes halogenated alkanes) is 4. The second-order valence-corrected chi connectivity index (χ2v) is 16.1. The molecule has 0 atom stereocenters.